The molecule has 5 nitrogen and oxygen atoms in total. The summed E-state index contributed by atoms with van der Waals surface area (Å²) in [6, 6.07) is 3.01. The quantitative estimate of drug-likeness (QED) is 0.264. The first-order valence-electron chi connectivity index (χ1n) is 13.9. The highest BCUT2D eigenvalue weighted by atomic mass is 35.5. The second-order valence-corrected chi connectivity index (χ2v) is 13.2. The van der Waals surface area contributed by atoms with Crippen LogP contribution in [0.3, 0.4) is 0 Å². The SMILES string of the molecule is COCC12CCC(C)CC1CCC1C3CCC(C(=O)CN(N)c4ccc(Cl)c(F)c4N)C3(C)CCC12. The minimum Gasteiger partial charge on any atom is -0.395 e. The molecule has 0 spiro atoms. The highest BCUT2D eigenvalue weighted by Gasteiger charge is 2.62. The largest absolute Gasteiger partial charge is 0.395 e. The lowest BCUT2D eigenvalue weighted by Crippen LogP contribution is -2.56. The van der Waals surface area contributed by atoms with E-state index in [2.05, 4.69) is 13.8 Å². The number of anilines is 2. The number of ether oxygens (including phenoxy) is 1. The van der Waals surface area contributed by atoms with Gasteiger partial charge in [-0.25, -0.2) is 10.2 Å². The maximum absolute atomic E-state index is 14.2. The number of carbonyl (C=O) groups is 1. The Kier molecular flexibility index (Phi) is 7.10. The van der Waals surface area contributed by atoms with E-state index >= 15 is 0 Å². The summed E-state index contributed by atoms with van der Waals surface area (Å²) in [7, 11) is 1.88. The summed E-state index contributed by atoms with van der Waals surface area (Å²) in [5, 5.41) is 1.24. The number of halogens is 2. The predicted octanol–water partition coefficient (Wildman–Crippen LogP) is 6.23. The lowest BCUT2D eigenvalue weighted by atomic mass is 9.44. The Morgan fingerprint density at radius 2 is 1.94 bits per heavy atom. The standard InChI is InChI=1S/C29H43ClFN3O2/c1-17-10-13-29(16-36-3)18(14-17)4-5-19-20-6-7-22(28(20,2)12-11-21(19)29)25(35)15-34(33)24-9-8-23(30)26(31)27(24)32/h8-9,17-22H,4-7,10-16,32-33H2,1-3H3. The summed E-state index contributed by atoms with van der Waals surface area (Å²) >= 11 is 5.84. The molecule has 7 heteroatoms. The van der Waals surface area contributed by atoms with Crippen molar-refractivity contribution in [3.05, 3.63) is 23.0 Å². The van der Waals surface area contributed by atoms with Gasteiger partial charge in [-0.05, 0) is 104 Å². The minimum absolute atomic E-state index is 0.00105. The van der Waals surface area contributed by atoms with Gasteiger partial charge in [0.15, 0.2) is 11.6 Å². The number of hydrogen-bond acceptors (Lipinski definition) is 5. The fraction of sp³-hybridized carbons (Fsp3) is 0.759. The van der Waals surface area contributed by atoms with Gasteiger partial charge in [0.2, 0.25) is 0 Å². The van der Waals surface area contributed by atoms with Crippen LogP contribution in [0.2, 0.25) is 5.02 Å². The number of Topliss-reactive ketones (excluding diaryl/α,β-unsaturated/α-hetero) is 1. The summed E-state index contributed by atoms with van der Waals surface area (Å²) in [5.74, 6) is 9.23. The van der Waals surface area contributed by atoms with Crippen LogP contribution >= 0.6 is 11.6 Å². The van der Waals surface area contributed by atoms with Crippen LogP contribution in [0, 0.1) is 52.2 Å². The number of ketones is 1. The first kappa shape index (κ1) is 26.2. The van der Waals surface area contributed by atoms with Crippen LogP contribution in [0.4, 0.5) is 15.8 Å². The summed E-state index contributed by atoms with van der Waals surface area (Å²) < 4.78 is 20.1. The van der Waals surface area contributed by atoms with Gasteiger partial charge >= 0.3 is 0 Å². The van der Waals surface area contributed by atoms with E-state index < -0.39 is 5.82 Å². The molecule has 0 amide bonds. The summed E-state index contributed by atoms with van der Waals surface area (Å²) in [6.07, 6.45) is 10.9. The molecule has 0 aliphatic heterocycles. The fourth-order valence-corrected chi connectivity index (χ4v) is 9.68. The molecule has 0 heterocycles. The average Bonchev–Trinajstić information content (AvgIpc) is 3.20. The Balaban J connectivity index is 1.34. The van der Waals surface area contributed by atoms with Crippen LogP contribution < -0.4 is 16.6 Å². The first-order chi connectivity index (χ1) is 17.1. The number of benzene rings is 1. The molecule has 4 aliphatic carbocycles. The number of nitrogens with zero attached hydrogens (tertiary/aromatic N) is 1. The Labute approximate surface area is 220 Å². The topological polar surface area (TPSA) is 81.6 Å². The van der Waals surface area contributed by atoms with Crippen LogP contribution in [-0.2, 0) is 9.53 Å². The van der Waals surface area contributed by atoms with Crippen LogP contribution in [0.1, 0.15) is 71.6 Å². The minimum atomic E-state index is -0.694. The number of hydrazine groups is 1. The van der Waals surface area contributed by atoms with E-state index in [0.717, 1.165) is 37.7 Å². The Bertz CT molecular complexity index is 1010. The Morgan fingerprint density at radius 3 is 2.69 bits per heavy atom. The number of nitrogen functional groups attached to an aromatic ring is 1. The van der Waals surface area contributed by atoms with Gasteiger partial charge in [-0.3, -0.25) is 4.79 Å². The summed E-state index contributed by atoms with van der Waals surface area (Å²) in [5.41, 5.74) is 6.42. The zero-order chi connectivity index (χ0) is 25.8. The Hall–Kier alpha value is -1.37. The molecule has 8 unspecified atom stereocenters. The van der Waals surface area contributed by atoms with E-state index in [0.29, 0.717) is 28.9 Å². The number of rotatable bonds is 6. The molecule has 5 rings (SSSR count). The van der Waals surface area contributed by atoms with Crippen molar-refractivity contribution in [3.8, 4) is 0 Å². The van der Waals surface area contributed by atoms with Gasteiger partial charge in [-0.15, -0.1) is 0 Å². The third kappa shape index (κ3) is 4.06. The molecular formula is C29H43ClFN3O2. The first-order valence-corrected chi connectivity index (χ1v) is 14.3. The van der Waals surface area contributed by atoms with Gasteiger partial charge in [0, 0.05) is 13.0 Å². The van der Waals surface area contributed by atoms with Crippen LogP contribution in [0.5, 0.6) is 0 Å². The summed E-state index contributed by atoms with van der Waals surface area (Å²) in [6.45, 7) is 5.69. The van der Waals surface area contributed by atoms with Crippen molar-refractivity contribution in [2.24, 2.45) is 52.2 Å². The van der Waals surface area contributed by atoms with Crippen LogP contribution in [0.25, 0.3) is 0 Å². The highest BCUT2D eigenvalue weighted by molar-refractivity contribution is 6.31. The van der Waals surface area contributed by atoms with Gasteiger partial charge < -0.3 is 15.5 Å². The van der Waals surface area contributed by atoms with Crippen molar-refractivity contribution in [1.29, 1.82) is 0 Å². The second kappa shape index (κ2) is 9.74. The van der Waals surface area contributed by atoms with Crippen molar-refractivity contribution in [3.63, 3.8) is 0 Å². The molecule has 8 atom stereocenters. The van der Waals surface area contributed by atoms with Crippen molar-refractivity contribution in [1.82, 2.24) is 0 Å². The molecule has 0 aromatic heterocycles. The maximum Gasteiger partial charge on any atom is 0.166 e. The van der Waals surface area contributed by atoms with E-state index in [9.17, 15) is 9.18 Å². The normalized spacial score (nSPS) is 39.7. The molecule has 0 saturated heterocycles. The fourth-order valence-electron chi connectivity index (χ4n) is 9.51. The number of hydrogen-bond donors (Lipinski definition) is 2. The maximum atomic E-state index is 14.2. The molecule has 1 aromatic rings. The van der Waals surface area contributed by atoms with Crippen LogP contribution in [-0.4, -0.2) is 26.0 Å². The molecule has 200 valence electrons. The monoisotopic (exact) mass is 519 g/mol. The molecule has 4 saturated carbocycles. The Morgan fingerprint density at radius 1 is 1.17 bits per heavy atom. The number of methoxy groups -OCH3 is 1. The van der Waals surface area contributed by atoms with Gasteiger partial charge in [0.25, 0.3) is 0 Å². The van der Waals surface area contributed by atoms with E-state index in [1.807, 2.05) is 7.11 Å². The smallest absolute Gasteiger partial charge is 0.166 e. The lowest BCUT2D eigenvalue weighted by Gasteiger charge is -2.62. The second-order valence-electron chi connectivity index (χ2n) is 12.8. The van der Waals surface area contributed by atoms with E-state index in [1.54, 1.807) is 6.07 Å². The van der Waals surface area contributed by atoms with Crippen molar-refractivity contribution >= 4 is 28.8 Å². The zero-order valence-corrected chi connectivity index (χ0v) is 22.8. The van der Waals surface area contributed by atoms with Gasteiger partial charge in [-0.2, -0.15) is 0 Å². The van der Waals surface area contributed by atoms with Gasteiger partial charge in [0.1, 0.15) is 0 Å². The molecule has 4 N–H and O–H groups in total. The number of carbonyl (C=O) groups excluding carboxylic acids is 1. The van der Waals surface area contributed by atoms with Gasteiger partial charge in [0.05, 0.1) is 29.5 Å². The van der Waals surface area contributed by atoms with E-state index in [4.69, 9.17) is 27.9 Å². The lowest BCUT2D eigenvalue weighted by molar-refractivity contribution is -0.154. The van der Waals surface area contributed by atoms with Gasteiger partial charge in [-0.1, -0.05) is 31.9 Å². The third-order valence-electron chi connectivity index (χ3n) is 11.2. The molecule has 0 radical (unpaired) electrons. The molecule has 4 aliphatic rings. The van der Waals surface area contributed by atoms with Crippen molar-refractivity contribution in [2.75, 3.05) is 31.0 Å². The van der Waals surface area contributed by atoms with Crippen molar-refractivity contribution < 1.29 is 13.9 Å². The zero-order valence-electron chi connectivity index (χ0n) is 22.1. The van der Waals surface area contributed by atoms with E-state index in [1.165, 1.54) is 49.6 Å². The molecule has 4 fully saturated rings. The average molecular weight is 520 g/mol. The predicted molar refractivity (Wildman–Crippen MR) is 143 cm³/mol. The molecule has 0 bridgehead atoms. The van der Waals surface area contributed by atoms with E-state index in [-0.39, 0.29) is 34.4 Å². The molecule has 1 aromatic carbocycles. The van der Waals surface area contributed by atoms with Crippen molar-refractivity contribution in [2.45, 2.75) is 71.6 Å². The summed E-state index contributed by atoms with van der Waals surface area (Å²) in [4.78, 5) is 13.6. The number of nitrogens with two attached hydrogens (primary N) is 2. The third-order valence-corrected chi connectivity index (χ3v) is 11.5. The molecular weight excluding hydrogens is 477 g/mol. The van der Waals surface area contributed by atoms with Crippen LogP contribution in [0.15, 0.2) is 12.1 Å². The molecule has 36 heavy (non-hydrogen) atoms. The highest BCUT2D eigenvalue weighted by Crippen LogP contribution is 2.68. The number of fused-ring (bicyclic) bond motifs is 5.